The number of aryl methyl sites for hydroxylation is 4. The highest BCUT2D eigenvalue weighted by molar-refractivity contribution is 7.18. The molecule has 1 amide bonds. The Balaban J connectivity index is 1.61. The topological polar surface area (TPSA) is 76.9 Å². The molecule has 1 aliphatic rings. The zero-order valence-electron chi connectivity index (χ0n) is 14.8. The minimum Gasteiger partial charge on any atom is -0.324 e. The van der Waals surface area contributed by atoms with Gasteiger partial charge in [0, 0.05) is 10.6 Å². The number of thiophene rings is 1. The van der Waals surface area contributed by atoms with Crippen LogP contribution < -0.4 is 10.9 Å². The number of hydrogen-bond donors (Lipinski definition) is 1. The van der Waals surface area contributed by atoms with Crippen LogP contribution in [0.15, 0.2) is 23.0 Å². The number of hydrogen-bond acceptors (Lipinski definition) is 5. The Hall–Kier alpha value is -2.54. The Morgan fingerprint density at radius 1 is 1.27 bits per heavy atom. The number of nitrogens with one attached hydrogen (secondary N) is 1. The summed E-state index contributed by atoms with van der Waals surface area (Å²) < 4.78 is 1.17. The molecule has 0 bridgehead atoms. The number of fused-ring (bicyclic) bond motifs is 3. The number of aromatic nitrogens is 3. The largest absolute Gasteiger partial charge is 0.324 e. The van der Waals surface area contributed by atoms with Gasteiger partial charge in [0.05, 0.1) is 5.39 Å². The molecule has 0 radical (unpaired) electrons. The van der Waals surface area contributed by atoms with Crippen LogP contribution in [0.3, 0.4) is 0 Å². The van der Waals surface area contributed by atoms with E-state index in [9.17, 15) is 9.59 Å². The lowest BCUT2D eigenvalue weighted by molar-refractivity contribution is -0.117. The standard InChI is InChI=1S/C19H20N4O2S/c1-11-7-8-14(12(2)9-11)20-16(24)10-23-19(25)17-13-5-3-4-6-15(13)26-18(17)21-22-23/h7-9H,3-6,10H2,1-2H3,(H,20,24). The summed E-state index contributed by atoms with van der Waals surface area (Å²) >= 11 is 1.56. The van der Waals surface area contributed by atoms with Crippen molar-refractivity contribution in [3.8, 4) is 0 Å². The van der Waals surface area contributed by atoms with Crippen molar-refractivity contribution >= 4 is 33.1 Å². The third-order valence-corrected chi connectivity index (χ3v) is 5.97. The molecule has 134 valence electrons. The third kappa shape index (κ3) is 3.03. The van der Waals surface area contributed by atoms with Gasteiger partial charge in [0.1, 0.15) is 6.54 Å². The number of benzene rings is 1. The molecule has 0 unspecified atom stereocenters. The van der Waals surface area contributed by atoms with Crippen molar-refractivity contribution in [2.75, 3.05) is 5.32 Å². The maximum atomic E-state index is 12.8. The van der Waals surface area contributed by atoms with Crippen LogP contribution in [0.5, 0.6) is 0 Å². The van der Waals surface area contributed by atoms with Gasteiger partial charge in [-0.2, -0.15) is 0 Å². The number of amides is 1. The molecule has 2 heterocycles. The Labute approximate surface area is 154 Å². The third-order valence-electron chi connectivity index (χ3n) is 4.79. The molecule has 7 heteroatoms. The van der Waals surface area contributed by atoms with Gasteiger partial charge < -0.3 is 5.32 Å². The molecular formula is C19H20N4O2S. The molecule has 6 nitrogen and oxygen atoms in total. The molecule has 1 N–H and O–H groups in total. The fraction of sp³-hybridized carbons (Fsp3) is 0.368. The average molecular weight is 368 g/mol. The first-order valence-electron chi connectivity index (χ1n) is 8.78. The summed E-state index contributed by atoms with van der Waals surface area (Å²) in [4.78, 5) is 27.2. The first kappa shape index (κ1) is 16.9. The summed E-state index contributed by atoms with van der Waals surface area (Å²) in [6.07, 6.45) is 4.15. The lowest BCUT2D eigenvalue weighted by Gasteiger charge is -2.11. The van der Waals surface area contributed by atoms with Gasteiger partial charge in [-0.3, -0.25) is 9.59 Å². The highest BCUT2D eigenvalue weighted by atomic mass is 32.1. The lowest BCUT2D eigenvalue weighted by atomic mass is 9.97. The Morgan fingerprint density at radius 3 is 2.88 bits per heavy atom. The molecule has 1 aliphatic carbocycles. The maximum Gasteiger partial charge on any atom is 0.279 e. The quantitative estimate of drug-likeness (QED) is 0.771. The molecule has 0 saturated heterocycles. The van der Waals surface area contributed by atoms with Crippen LogP contribution in [-0.2, 0) is 24.2 Å². The van der Waals surface area contributed by atoms with E-state index < -0.39 is 0 Å². The zero-order valence-corrected chi connectivity index (χ0v) is 15.7. The number of nitrogens with zero attached hydrogens (tertiary/aromatic N) is 3. The molecular weight excluding hydrogens is 348 g/mol. The van der Waals surface area contributed by atoms with E-state index in [0.717, 1.165) is 48.1 Å². The number of carbonyl (C=O) groups is 1. The van der Waals surface area contributed by atoms with E-state index >= 15 is 0 Å². The molecule has 0 atom stereocenters. The Bertz CT molecular complexity index is 1070. The SMILES string of the molecule is Cc1ccc(NC(=O)Cn2nnc3sc4c(c3c2=O)CCCC4)c(C)c1. The lowest BCUT2D eigenvalue weighted by Crippen LogP contribution is -2.30. The molecule has 0 spiro atoms. The van der Waals surface area contributed by atoms with E-state index in [-0.39, 0.29) is 18.0 Å². The van der Waals surface area contributed by atoms with Crippen molar-refractivity contribution in [2.45, 2.75) is 46.1 Å². The highest BCUT2D eigenvalue weighted by Gasteiger charge is 2.21. The van der Waals surface area contributed by atoms with Crippen LogP contribution >= 0.6 is 11.3 Å². The summed E-state index contributed by atoms with van der Waals surface area (Å²) in [5, 5.41) is 11.7. The van der Waals surface area contributed by atoms with Crippen LogP contribution in [0.4, 0.5) is 5.69 Å². The fourth-order valence-electron chi connectivity index (χ4n) is 3.49. The predicted octanol–water partition coefficient (Wildman–Crippen LogP) is 2.99. The van der Waals surface area contributed by atoms with Crippen molar-refractivity contribution < 1.29 is 4.79 Å². The van der Waals surface area contributed by atoms with Gasteiger partial charge in [-0.1, -0.05) is 22.9 Å². The summed E-state index contributed by atoms with van der Waals surface area (Å²) in [6, 6.07) is 5.82. The summed E-state index contributed by atoms with van der Waals surface area (Å²) in [7, 11) is 0. The molecule has 4 rings (SSSR count). The van der Waals surface area contributed by atoms with Gasteiger partial charge in [-0.05, 0) is 56.7 Å². The van der Waals surface area contributed by atoms with E-state index in [1.807, 2.05) is 32.0 Å². The second-order valence-electron chi connectivity index (χ2n) is 6.81. The predicted molar refractivity (Wildman–Crippen MR) is 103 cm³/mol. The molecule has 1 aromatic carbocycles. The van der Waals surface area contributed by atoms with Crippen LogP contribution in [0.2, 0.25) is 0 Å². The zero-order chi connectivity index (χ0) is 18.3. The second kappa shape index (κ2) is 6.64. The Kier molecular flexibility index (Phi) is 4.32. The van der Waals surface area contributed by atoms with Crippen molar-refractivity contribution in [1.82, 2.24) is 15.0 Å². The summed E-state index contributed by atoms with van der Waals surface area (Å²) in [5.41, 5.74) is 3.76. The van der Waals surface area contributed by atoms with E-state index in [1.54, 1.807) is 11.3 Å². The monoisotopic (exact) mass is 368 g/mol. The smallest absolute Gasteiger partial charge is 0.279 e. The second-order valence-corrected chi connectivity index (χ2v) is 7.89. The van der Waals surface area contributed by atoms with Crippen molar-refractivity contribution in [3.63, 3.8) is 0 Å². The molecule has 0 saturated carbocycles. The van der Waals surface area contributed by atoms with Crippen molar-refractivity contribution in [1.29, 1.82) is 0 Å². The molecule has 0 fully saturated rings. The first-order valence-corrected chi connectivity index (χ1v) is 9.60. The van der Waals surface area contributed by atoms with Crippen molar-refractivity contribution in [3.05, 3.63) is 50.1 Å². The summed E-state index contributed by atoms with van der Waals surface area (Å²) in [6.45, 7) is 3.81. The number of carbonyl (C=O) groups excluding carboxylic acids is 1. The normalized spacial score (nSPS) is 13.6. The van der Waals surface area contributed by atoms with Gasteiger partial charge in [-0.15, -0.1) is 16.4 Å². The molecule has 3 aromatic rings. The molecule has 2 aromatic heterocycles. The van der Waals surface area contributed by atoms with Crippen LogP contribution in [0.1, 0.15) is 34.4 Å². The fourth-order valence-corrected chi connectivity index (χ4v) is 4.69. The first-order chi connectivity index (χ1) is 12.5. The van der Waals surface area contributed by atoms with Gasteiger partial charge in [-0.25, -0.2) is 4.68 Å². The highest BCUT2D eigenvalue weighted by Crippen LogP contribution is 2.33. The minimum absolute atomic E-state index is 0.139. The van der Waals surface area contributed by atoms with Gasteiger partial charge >= 0.3 is 0 Å². The van der Waals surface area contributed by atoms with Crippen LogP contribution in [0.25, 0.3) is 10.2 Å². The average Bonchev–Trinajstić information content (AvgIpc) is 2.99. The minimum atomic E-state index is -0.281. The number of rotatable bonds is 3. The Morgan fingerprint density at radius 2 is 2.08 bits per heavy atom. The van der Waals surface area contributed by atoms with Crippen molar-refractivity contribution in [2.24, 2.45) is 0 Å². The maximum absolute atomic E-state index is 12.8. The van der Waals surface area contributed by atoms with E-state index in [2.05, 4.69) is 15.6 Å². The summed E-state index contributed by atoms with van der Waals surface area (Å²) in [5.74, 6) is -0.281. The van der Waals surface area contributed by atoms with Gasteiger partial charge in [0.25, 0.3) is 5.56 Å². The van der Waals surface area contributed by atoms with E-state index in [0.29, 0.717) is 10.2 Å². The van der Waals surface area contributed by atoms with Gasteiger partial charge in [0.2, 0.25) is 5.91 Å². The van der Waals surface area contributed by atoms with Crippen LogP contribution in [-0.4, -0.2) is 20.9 Å². The molecule has 26 heavy (non-hydrogen) atoms. The van der Waals surface area contributed by atoms with E-state index in [1.165, 1.54) is 9.56 Å². The molecule has 0 aliphatic heterocycles. The van der Waals surface area contributed by atoms with Gasteiger partial charge in [0.15, 0.2) is 4.83 Å². The van der Waals surface area contributed by atoms with E-state index in [4.69, 9.17) is 0 Å². The number of anilines is 1. The van der Waals surface area contributed by atoms with Crippen LogP contribution in [0, 0.1) is 13.8 Å².